The van der Waals surface area contributed by atoms with E-state index in [2.05, 4.69) is 5.32 Å². The number of sulfone groups is 1. The van der Waals surface area contributed by atoms with Crippen LogP contribution in [-0.2, 0) is 21.2 Å². The molecule has 1 aromatic heterocycles. The molecule has 9 heteroatoms. The van der Waals surface area contributed by atoms with Gasteiger partial charge in [0.25, 0.3) is 0 Å². The monoisotopic (exact) mass is 442 g/mol. The zero-order chi connectivity index (χ0) is 22.2. The summed E-state index contributed by atoms with van der Waals surface area (Å²) in [7, 11) is -4.90. The molecule has 3 aromatic carbocycles. The molecule has 1 N–H and O–H groups in total. The minimum atomic E-state index is -4.90. The van der Waals surface area contributed by atoms with Crippen LogP contribution in [0.5, 0.6) is 0 Å². The van der Waals surface area contributed by atoms with Crippen LogP contribution >= 0.6 is 0 Å². The van der Waals surface area contributed by atoms with Gasteiger partial charge in [0, 0.05) is 10.8 Å². The zero-order valence-electron chi connectivity index (χ0n) is 16.0. The molecule has 4 rings (SSSR count). The second-order valence-electron chi connectivity index (χ2n) is 6.80. The lowest BCUT2D eigenvalue weighted by atomic mass is 10.1. The molecule has 1 amide bonds. The number of carbonyl (C=O) groups excluding carboxylic acids is 1. The number of nitrogens with zero attached hydrogens (tertiary/aromatic N) is 1. The van der Waals surface area contributed by atoms with Crippen molar-refractivity contribution in [2.75, 3.05) is 5.32 Å². The van der Waals surface area contributed by atoms with E-state index in [1.165, 1.54) is 18.2 Å². The van der Waals surface area contributed by atoms with Crippen molar-refractivity contribution < 1.29 is 22.0 Å². The third kappa shape index (κ3) is 3.68. The van der Waals surface area contributed by atoms with Gasteiger partial charge in [0.2, 0.25) is 15.7 Å². The van der Waals surface area contributed by atoms with Gasteiger partial charge in [-0.25, -0.2) is 8.42 Å². The van der Waals surface area contributed by atoms with Crippen molar-refractivity contribution >= 4 is 43.2 Å². The second kappa shape index (κ2) is 7.92. The van der Waals surface area contributed by atoms with Gasteiger partial charge < -0.3 is 9.88 Å². The van der Waals surface area contributed by atoms with E-state index in [0.717, 1.165) is 6.07 Å². The summed E-state index contributed by atoms with van der Waals surface area (Å²) in [5.41, 5.74) is 0.642. The molecule has 0 spiro atoms. The normalized spacial score (nSPS) is 11.8. The summed E-state index contributed by atoms with van der Waals surface area (Å²) >= 11 is 0. The highest BCUT2D eigenvalue weighted by atomic mass is 32.2. The number of hydrogen-bond acceptors (Lipinski definition) is 4. The van der Waals surface area contributed by atoms with Gasteiger partial charge in [-0.3, -0.25) is 9.59 Å². The Morgan fingerprint density at radius 1 is 0.871 bits per heavy atom. The lowest BCUT2D eigenvalue weighted by molar-refractivity contribution is -0.116. The number of fused-ring (bicyclic) bond motifs is 2. The number of anilines is 1. The van der Waals surface area contributed by atoms with Gasteiger partial charge in [-0.1, -0.05) is 36.4 Å². The number of rotatable bonds is 5. The maximum absolute atomic E-state index is 13.0. The van der Waals surface area contributed by atoms with Crippen LogP contribution in [0.15, 0.2) is 82.5 Å². The molecule has 0 fully saturated rings. The van der Waals surface area contributed by atoms with Crippen molar-refractivity contribution in [2.45, 2.75) is 17.2 Å². The largest absolute Gasteiger partial charge is 0.341 e. The number of pyridine rings is 1. The van der Waals surface area contributed by atoms with Crippen LogP contribution in [0.3, 0.4) is 0 Å². The fourth-order valence-corrected chi connectivity index (χ4v) is 4.38. The quantitative estimate of drug-likeness (QED) is 0.477. The van der Waals surface area contributed by atoms with Gasteiger partial charge >= 0.3 is 5.76 Å². The summed E-state index contributed by atoms with van der Waals surface area (Å²) < 4.78 is 51.5. The molecular formula is C22H16F2N2O4S. The minimum absolute atomic E-state index is 0.170. The maximum atomic E-state index is 13.0. The maximum Gasteiger partial charge on any atom is 0.341 e. The first-order chi connectivity index (χ1) is 14.8. The number of carbonyl (C=O) groups is 1. The first-order valence-electron chi connectivity index (χ1n) is 9.22. The summed E-state index contributed by atoms with van der Waals surface area (Å²) in [4.78, 5) is 24.9. The number of nitrogens with one attached hydrogen (secondary N) is 1. The highest BCUT2D eigenvalue weighted by Gasteiger charge is 2.29. The lowest BCUT2D eigenvalue weighted by Crippen LogP contribution is -2.23. The molecule has 0 atom stereocenters. The second-order valence-corrected chi connectivity index (χ2v) is 8.69. The minimum Gasteiger partial charge on any atom is -0.331 e. The van der Waals surface area contributed by atoms with Gasteiger partial charge in [0.15, 0.2) is 5.43 Å². The summed E-state index contributed by atoms with van der Waals surface area (Å²) in [6.07, 6.45) is 0. The van der Waals surface area contributed by atoms with E-state index in [9.17, 15) is 26.8 Å². The number of halogens is 2. The summed E-state index contributed by atoms with van der Waals surface area (Å²) in [5, 5.41) is 3.26. The van der Waals surface area contributed by atoms with Crippen molar-refractivity contribution in [1.29, 1.82) is 0 Å². The molecule has 6 nitrogen and oxygen atoms in total. The molecule has 0 saturated heterocycles. The van der Waals surface area contributed by atoms with Crippen LogP contribution in [-0.4, -0.2) is 24.6 Å². The standard InChI is InChI=1S/C22H16F2N2O4S/c23-22(24)31(29,30)19-12-6-3-9-16(19)25-20(27)13-26-17-10-4-1-7-14(17)21(28)15-8-2-5-11-18(15)26/h1-12,22H,13H2,(H,25,27). The number of amides is 1. The third-order valence-electron chi connectivity index (χ3n) is 4.88. The van der Waals surface area contributed by atoms with Crippen LogP contribution in [0.1, 0.15) is 0 Å². The highest BCUT2D eigenvalue weighted by molar-refractivity contribution is 7.91. The lowest BCUT2D eigenvalue weighted by Gasteiger charge is -2.16. The molecule has 4 aromatic rings. The molecule has 0 aliphatic carbocycles. The Labute approximate surface area is 175 Å². The van der Waals surface area contributed by atoms with Crippen molar-refractivity contribution in [3.8, 4) is 0 Å². The van der Waals surface area contributed by atoms with E-state index >= 15 is 0 Å². The summed E-state index contributed by atoms with van der Waals surface area (Å²) in [6, 6.07) is 18.6. The predicted molar refractivity (Wildman–Crippen MR) is 114 cm³/mol. The Kier molecular flexibility index (Phi) is 5.28. The molecule has 0 radical (unpaired) electrons. The van der Waals surface area contributed by atoms with Gasteiger partial charge in [-0.05, 0) is 36.4 Å². The van der Waals surface area contributed by atoms with Crippen molar-refractivity contribution in [3.63, 3.8) is 0 Å². The number of para-hydroxylation sites is 3. The van der Waals surface area contributed by atoms with E-state index in [1.807, 2.05) is 0 Å². The van der Waals surface area contributed by atoms with E-state index in [4.69, 9.17) is 0 Å². The molecule has 0 aliphatic rings. The zero-order valence-corrected chi connectivity index (χ0v) is 16.8. The Hall–Kier alpha value is -3.59. The summed E-state index contributed by atoms with van der Waals surface area (Å²) in [5.74, 6) is -4.24. The van der Waals surface area contributed by atoms with Crippen LogP contribution in [0, 0.1) is 0 Å². The molecule has 31 heavy (non-hydrogen) atoms. The Bertz CT molecular complexity index is 1420. The molecule has 0 saturated carbocycles. The van der Waals surface area contributed by atoms with Crippen molar-refractivity contribution in [3.05, 3.63) is 83.0 Å². The Morgan fingerprint density at radius 2 is 1.39 bits per heavy atom. The molecule has 0 bridgehead atoms. The van der Waals surface area contributed by atoms with E-state index < -0.39 is 26.4 Å². The SMILES string of the molecule is O=C(Cn1c2ccccc2c(=O)c2ccccc21)Nc1ccccc1S(=O)(=O)C(F)F. The topological polar surface area (TPSA) is 85.2 Å². The van der Waals surface area contributed by atoms with Gasteiger partial charge in [-0.15, -0.1) is 0 Å². The van der Waals surface area contributed by atoms with Gasteiger partial charge in [-0.2, -0.15) is 8.78 Å². The third-order valence-corrected chi connectivity index (χ3v) is 6.32. The fourth-order valence-electron chi connectivity index (χ4n) is 3.49. The average Bonchev–Trinajstić information content (AvgIpc) is 2.77. The molecule has 0 unspecified atom stereocenters. The first kappa shape index (κ1) is 20.7. The van der Waals surface area contributed by atoms with Crippen LogP contribution in [0.2, 0.25) is 0 Å². The van der Waals surface area contributed by atoms with E-state index in [0.29, 0.717) is 21.8 Å². The highest BCUT2D eigenvalue weighted by Crippen LogP contribution is 2.26. The van der Waals surface area contributed by atoms with E-state index in [1.54, 1.807) is 53.1 Å². The van der Waals surface area contributed by atoms with Crippen LogP contribution < -0.4 is 10.7 Å². The van der Waals surface area contributed by atoms with Crippen LogP contribution in [0.25, 0.3) is 21.8 Å². The Balaban J connectivity index is 1.78. The summed E-state index contributed by atoms with van der Waals surface area (Å²) in [6.45, 7) is -0.260. The smallest absolute Gasteiger partial charge is 0.331 e. The number of hydrogen-bond donors (Lipinski definition) is 1. The van der Waals surface area contributed by atoms with Gasteiger partial charge in [0.05, 0.1) is 21.6 Å². The molecule has 158 valence electrons. The number of benzene rings is 3. The first-order valence-corrected chi connectivity index (χ1v) is 10.8. The Morgan fingerprint density at radius 3 is 1.97 bits per heavy atom. The van der Waals surface area contributed by atoms with E-state index in [-0.39, 0.29) is 17.7 Å². The van der Waals surface area contributed by atoms with Crippen molar-refractivity contribution in [2.24, 2.45) is 0 Å². The molecule has 0 aliphatic heterocycles. The van der Waals surface area contributed by atoms with Gasteiger partial charge in [0.1, 0.15) is 6.54 Å². The average molecular weight is 442 g/mol. The fraction of sp³-hybridized carbons (Fsp3) is 0.0909. The molecule has 1 heterocycles. The van der Waals surface area contributed by atoms with Crippen molar-refractivity contribution in [1.82, 2.24) is 4.57 Å². The number of aromatic nitrogens is 1. The predicted octanol–water partition coefficient (Wildman–Crippen LogP) is 3.79. The van der Waals surface area contributed by atoms with Crippen LogP contribution in [0.4, 0.5) is 14.5 Å². The molecular weight excluding hydrogens is 426 g/mol. The number of alkyl halides is 2.